The number of dihydropyridines is 1. The summed E-state index contributed by atoms with van der Waals surface area (Å²) >= 11 is 0. The van der Waals surface area contributed by atoms with Crippen molar-refractivity contribution < 1.29 is 4.79 Å². The maximum Gasteiger partial charge on any atom is 0.249 e. The lowest BCUT2D eigenvalue weighted by Crippen LogP contribution is -2.45. The van der Waals surface area contributed by atoms with Gasteiger partial charge in [-0.3, -0.25) is 4.79 Å². The molecule has 1 aliphatic rings. The summed E-state index contributed by atoms with van der Waals surface area (Å²) in [6, 6.07) is 9.45. The van der Waals surface area contributed by atoms with Gasteiger partial charge >= 0.3 is 0 Å². The SMILES string of the molecule is CC(CC#N)C1(c2ccccc2C(N)=O)C=CC=CN1. The Morgan fingerprint density at radius 1 is 1.45 bits per heavy atom. The minimum atomic E-state index is -0.587. The highest BCUT2D eigenvalue weighted by molar-refractivity contribution is 5.94. The third-order valence-electron chi connectivity index (χ3n) is 3.70. The number of nitrogens with one attached hydrogen (secondary N) is 1. The number of hydrogen-bond donors (Lipinski definition) is 2. The summed E-state index contributed by atoms with van der Waals surface area (Å²) < 4.78 is 0. The topological polar surface area (TPSA) is 78.9 Å². The van der Waals surface area contributed by atoms with E-state index >= 15 is 0 Å². The molecule has 2 rings (SSSR count). The van der Waals surface area contributed by atoms with Gasteiger partial charge in [0.1, 0.15) is 0 Å². The first-order chi connectivity index (χ1) is 9.62. The van der Waals surface area contributed by atoms with Crippen LogP contribution >= 0.6 is 0 Å². The van der Waals surface area contributed by atoms with Crippen LogP contribution in [0, 0.1) is 17.2 Å². The van der Waals surface area contributed by atoms with E-state index in [1.165, 1.54) is 0 Å². The molecule has 0 saturated heterocycles. The van der Waals surface area contributed by atoms with Crippen molar-refractivity contribution in [3.8, 4) is 6.07 Å². The fraction of sp³-hybridized carbons (Fsp3) is 0.250. The number of nitrogens with two attached hydrogens (primary N) is 1. The summed E-state index contributed by atoms with van der Waals surface area (Å²) in [4.78, 5) is 11.7. The van der Waals surface area contributed by atoms with Crippen molar-refractivity contribution >= 4 is 5.91 Å². The number of nitriles is 1. The van der Waals surface area contributed by atoms with Gasteiger partial charge in [0.2, 0.25) is 5.91 Å². The number of carbonyl (C=O) groups excluding carboxylic acids is 1. The van der Waals surface area contributed by atoms with Crippen molar-refractivity contribution in [3.05, 3.63) is 59.8 Å². The van der Waals surface area contributed by atoms with Gasteiger partial charge < -0.3 is 11.1 Å². The molecule has 20 heavy (non-hydrogen) atoms. The van der Waals surface area contributed by atoms with Crippen LogP contribution in [-0.2, 0) is 5.54 Å². The number of amides is 1. The lowest BCUT2D eigenvalue weighted by Gasteiger charge is -2.39. The van der Waals surface area contributed by atoms with Gasteiger partial charge in [-0.25, -0.2) is 0 Å². The predicted octanol–water partition coefficient (Wildman–Crippen LogP) is 2.20. The second-order valence-corrected chi connectivity index (χ2v) is 4.90. The van der Waals surface area contributed by atoms with E-state index in [1.54, 1.807) is 12.1 Å². The van der Waals surface area contributed by atoms with Crippen LogP contribution in [0.25, 0.3) is 0 Å². The monoisotopic (exact) mass is 267 g/mol. The van der Waals surface area contributed by atoms with Crippen molar-refractivity contribution in [3.63, 3.8) is 0 Å². The number of hydrogen-bond acceptors (Lipinski definition) is 3. The Morgan fingerprint density at radius 3 is 2.80 bits per heavy atom. The molecule has 0 aromatic heterocycles. The van der Waals surface area contributed by atoms with Gasteiger partial charge in [0.25, 0.3) is 0 Å². The van der Waals surface area contributed by atoms with Crippen molar-refractivity contribution in [2.75, 3.05) is 0 Å². The first-order valence-corrected chi connectivity index (χ1v) is 6.50. The van der Waals surface area contributed by atoms with E-state index in [-0.39, 0.29) is 5.92 Å². The highest BCUT2D eigenvalue weighted by Crippen LogP contribution is 2.36. The third-order valence-corrected chi connectivity index (χ3v) is 3.70. The Balaban J connectivity index is 2.59. The smallest absolute Gasteiger partial charge is 0.249 e. The van der Waals surface area contributed by atoms with Crippen LogP contribution in [0.4, 0.5) is 0 Å². The first-order valence-electron chi connectivity index (χ1n) is 6.50. The number of rotatable bonds is 4. The molecule has 1 aliphatic heterocycles. The summed E-state index contributed by atoms with van der Waals surface area (Å²) in [5.41, 5.74) is 6.17. The highest BCUT2D eigenvalue weighted by Gasteiger charge is 2.37. The normalized spacial score (nSPS) is 21.8. The Hall–Kier alpha value is -2.54. The van der Waals surface area contributed by atoms with E-state index in [2.05, 4.69) is 11.4 Å². The van der Waals surface area contributed by atoms with E-state index in [1.807, 2.05) is 43.5 Å². The number of benzene rings is 1. The Bertz CT molecular complexity index is 612. The zero-order valence-corrected chi connectivity index (χ0v) is 11.3. The lowest BCUT2D eigenvalue weighted by molar-refractivity contribution is 0.0997. The Morgan fingerprint density at radius 2 is 2.20 bits per heavy atom. The van der Waals surface area contributed by atoms with E-state index < -0.39 is 11.4 Å². The standard InChI is InChI=1S/C16H17N3O/c1-12(8-10-17)16(9-4-5-11-19-16)14-7-3-2-6-13(14)15(18)20/h2-7,9,11-12,19H,8H2,1H3,(H2,18,20). The first kappa shape index (κ1) is 13.9. The molecular formula is C16H17N3O. The van der Waals surface area contributed by atoms with E-state index in [9.17, 15) is 4.79 Å². The second-order valence-electron chi connectivity index (χ2n) is 4.90. The summed E-state index contributed by atoms with van der Waals surface area (Å²) in [5, 5.41) is 12.3. The van der Waals surface area contributed by atoms with Crippen molar-refractivity contribution in [1.29, 1.82) is 5.26 Å². The molecule has 0 aliphatic carbocycles. The van der Waals surface area contributed by atoms with E-state index in [0.29, 0.717) is 12.0 Å². The Kier molecular flexibility index (Phi) is 3.90. The predicted molar refractivity (Wildman–Crippen MR) is 77.4 cm³/mol. The average molecular weight is 267 g/mol. The summed E-state index contributed by atoms with van der Waals surface area (Å²) in [6.07, 6.45) is 7.98. The molecule has 0 spiro atoms. The van der Waals surface area contributed by atoms with Crippen molar-refractivity contribution in [2.45, 2.75) is 18.9 Å². The van der Waals surface area contributed by atoms with Gasteiger partial charge in [-0.15, -0.1) is 0 Å². The zero-order chi connectivity index (χ0) is 14.6. The fourth-order valence-corrected chi connectivity index (χ4v) is 2.59. The zero-order valence-electron chi connectivity index (χ0n) is 11.3. The molecule has 0 bridgehead atoms. The molecule has 1 aromatic carbocycles. The van der Waals surface area contributed by atoms with Crippen LogP contribution in [0.1, 0.15) is 29.3 Å². The van der Waals surface area contributed by atoms with Gasteiger partial charge in [0.05, 0.1) is 11.6 Å². The molecule has 3 N–H and O–H groups in total. The van der Waals surface area contributed by atoms with E-state index in [0.717, 1.165) is 5.56 Å². The average Bonchev–Trinajstić information content (AvgIpc) is 2.48. The number of carbonyl (C=O) groups is 1. The number of allylic oxidation sites excluding steroid dienone is 2. The molecule has 0 saturated carbocycles. The summed E-state index contributed by atoms with van der Waals surface area (Å²) in [6.45, 7) is 1.98. The van der Waals surface area contributed by atoms with Crippen LogP contribution in [0.5, 0.6) is 0 Å². The van der Waals surface area contributed by atoms with Gasteiger partial charge in [-0.1, -0.05) is 37.3 Å². The van der Waals surface area contributed by atoms with Gasteiger partial charge in [-0.2, -0.15) is 5.26 Å². The van der Waals surface area contributed by atoms with Crippen LogP contribution < -0.4 is 11.1 Å². The van der Waals surface area contributed by atoms with E-state index in [4.69, 9.17) is 11.0 Å². The second kappa shape index (κ2) is 5.62. The molecule has 1 aromatic rings. The maximum atomic E-state index is 11.7. The third kappa shape index (κ3) is 2.30. The molecular weight excluding hydrogens is 250 g/mol. The van der Waals surface area contributed by atoms with Crippen molar-refractivity contribution in [2.24, 2.45) is 11.7 Å². The minimum absolute atomic E-state index is 0.00537. The highest BCUT2D eigenvalue weighted by atomic mass is 16.1. The minimum Gasteiger partial charge on any atom is -0.378 e. The molecule has 102 valence electrons. The summed E-state index contributed by atoms with van der Waals surface area (Å²) in [5.74, 6) is -0.469. The van der Waals surface area contributed by atoms with Crippen LogP contribution in [0.2, 0.25) is 0 Å². The van der Waals surface area contributed by atoms with Gasteiger partial charge in [0, 0.05) is 12.0 Å². The molecule has 1 heterocycles. The Labute approximate surface area is 118 Å². The van der Waals surface area contributed by atoms with Gasteiger partial charge in [-0.05, 0) is 29.8 Å². The van der Waals surface area contributed by atoms with Gasteiger partial charge in [0.15, 0.2) is 0 Å². The molecule has 2 unspecified atom stereocenters. The molecule has 0 fully saturated rings. The molecule has 4 nitrogen and oxygen atoms in total. The fourth-order valence-electron chi connectivity index (χ4n) is 2.59. The van der Waals surface area contributed by atoms with Crippen LogP contribution in [0.15, 0.2) is 48.7 Å². The number of nitrogens with zero attached hydrogens (tertiary/aromatic N) is 1. The quantitative estimate of drug-likeness (QED) is 0.877. The lowest BCUT2D eigenvalue weighted by atomic mass is 9.74. The maximum absolute atomic E-state index is 11.7. The largest absolute Gasteiger partial charge is 0.378 e. The van der Waals surface area contributed by atoms with Crippen LogP contribution in [-0.4, -0.2) is 5.91 Å². The van der Waals surface area contributed by atoms with Crippen molar-refractivity contribution in [1.82, 2.24) is 5.32 Å². The molecule has 4 heteroatoms. The molecule has 0 radical (unpaired) electrons. The molecule has 2 atom stereocenters. The molecule has 1 amide bonds. The van der Waals surface area contributed by atoms with Crippen LogP contribution in [0.3, 0.4) is 0 Å². The summed E-state index contributed by atoms with van der Waals surface area (Å²) in [7, 11) is 0. The number of primary amides is 1.